The summed E-state index contributed by atoms with van der Waals surface area (Å²) in [5.41, 5.74) is 1.18. The van der Waals surface area contributed by atoms with Gasteiger partial charge in [0, 0.05) is 18.2 Å². The lowest BCUT2D eigenvalue weighted by Gasteiger charge is -2.27. The zero-order chi connectivity index (χ0) is 15.9. The van der Waals surface area contributed by atoms with Crippen LogP contribution < -0.4 is 5.32 Å². The zero-order valence-electron chi connectivity index (χ0n) is 14.1. The molecule has 0 saturated heterocycles. The Balaban J connectivity index is 2.66. The fourth-order valence-corrected chi connectivity index (χ4v) is 2.52. The average Bonchev–Trinajstić information content (AvgIpc) is 2.44. The summed E-state index contributed by atoms with van der Waals surface area (Å²) in [4.78, 5) is 0. The molecule has 1 atom stereocenters. The topological polar surface area (TPSA) is 21.3 Å². The third-order valence-electron chi connectivity index (χ3n) is 3.99. The van der Waals surface area contributed by atoms with Crippen molar-refractivity contribution in [1.29, 1.82) is 0 Å². The number of benzene rings is 1. The van der Waals surface area contributed by atoms with Crippen molar-refractivity contribution in [3.05, 3.63) is 34.9 Å². The van der Waals surface area contributed by atoms with E-state index in [4.69, 9.17) is 16.3 Å². The first-order valence-corrected chi connectivity index (χ1v) is 8.24. The van der Waals surface area contributed by atoms with E-state index in [-0.39, 0.29) is 5.60 Å². The molecule has 0 fully saturated rings. The number of ether oxygens (including phenoxy) is 1. The molecule has 0 aliphatic heterocycles. The van der Waals surface area contributed by atoms with Gasteiger partial charge in [-0.15, -0.1) is 0 Å². The molecule has 120 valence electrons. The molecule has 1 unspecified atom stereocenters. The molecule has 1 N–H and O–H groups in total. The van der Waals surface area contributed by atoms with E-state index in [0.29, 0.717) is 12.0 Å². The smallest absolute Gasteiger partial charge is 0.0622 e. The number of methoxy groups -OCH3 is 1. The van der Waals surface area contributed by atoms with Gasteiger partial charge in [-0.3, -0.25) is 0 Å². The normalized spacial score (nSPS) is 13.7. The van der Waals surface area contributed by atoms with Crippen LogP contribution in [0.5, 0.6) is 0 Å². The molecular formula is C18H30ClNO. The van der Waals surface area contributed by atoms with Crippen molar-refractivity contribution >= 4 is 11.6 Å². The summed E-state index contributed by atoms with van der Waals surface area (Å²) in [6.45, 7) is 9.69. The quantitative estimate of drug-likeness (QED) is 0.713. The Labute approximate surface area is 135 Å². The molecule has 1 aromatic rings. The second-order valence-electron chi connectivity index (χ2n) is 6.73. The van der Waals surface area contributed by atoms with Crippen LogP contribution in [0.1, 0.15) is 46.1 Å². The highest BCUT2D eigenvalue weighted by atomic mass is 35.5. The van der Waals surface area contributed by atoms with Crippen LogP contribution in [0.3, 0.4) is 0 Å². The number of halogens is 1. The van der Waals surface area contributed by atoms with Gasteiger partial charge in [0.25, 0.3) is 0 Å². The van der Waals surface area contributed by atoms with Crippen molar-refractivity contribution in [3.63, 3.8) is 0 Å². The van der Waals surface area contributed by atoms with Crippen molar-refractivity contribution in [2.45, 2.75) is 58.6 Å². The van der Waals surface area contributed by atoms with Crippen LogP contribution in [-0.2, 0) is 11.2 Å². The van der Waals surface area contributed by atoms with E-state index in [1.54, 1.807) is 7.11 Å². The predicted octanol–water partition coefficient (Wildman–Crippen LogP) is 4.70. The minimum Gasteiger partial charge on any atom is -0.379 e. The van der Waals surface area contributed by atoms with Crippen LogP contribution >= 0.6 is 11.6 Å². The van der Waals surface area contributed by atoms with E-state index < -0.39 is 0 Å². The van der Waals surface area contributed by atoms with Crippen LogP contribution in [0.15, 0.2) is 24.3 Å². The van der Waals surface area contributed by atoms with Crippen molar-refractivity contribution in [3.8, 4) is 0 Å². The largest absolute Gasteiger partial charge is 0.379 e. The van der Waals surface area contributed by atoms with Crippen LogP contribution in [-0.4, -0.2) is 25.3 Å². The Bertz CT molecular complexity index is 417. The van der Waals surface area contributed by atoms with Crippen molar-refractivity contribution in [2.24, 2.45) is 5.92 Å². The van der Waals surface area contributed by atoms with E-state index in [1.807, 2.05) is 12.1 Å². The molecule has 0 bridgehead atoms. The predicted molar refractivity (Wildman–Crippen MR) is 92.1 cm³/mol. The fourth-order valence-electron chi connectivity index (χ4n) is 2.31. The van der Waals surface area contributed by atoms with Gasteiger partial charge in [-0.1, -0.05) is 43.6 Å². The fraction of sp³-hybridized carbons (Fsp3) is 0.667. The first-order chi connectivity index (χ1) is 9.84. The van der Waals surface area contributed by atoms with Crippen LogP contribution in [0, 0.1) is 5.92 Å². The maximum Gasteiger partial charge on any atom is 0.0622 e. The third-order valence-corrected chi connectivity index (χ3v) is 4.36. The van der Waals surface area contributed by atoms with Crippen LogP contribution in [0.4, 0.5) is 0 Å². The summed E-state index contributed by atoms with van der Waals surface area (Å²) >= 11 is 6.30. The first kappa shape index (κ1) is 18.5. The molecule has 0 spiro atoms. The monoisotopic (exact) mass is 311 g/mol. The molecule has 0 heterocycles. The lowest BCUT2D eigenvalue weighted by atomic mass is 9.90. The Morgan fingerprint density at radius 2 is 1.90 bits per heavy atom. The van der Waals surface area contributed by atoms with E-state index in [9.17, 15) is 0 Å². The molecule has 0 amide bonds. The van der Waals surface area contributed by atoms with Gasteiger partial charge in [0.2, 0.25) is 0 Å². The molecule has 0 radical (unpaired) electrons. The maximum atomic E-state index is 6.30. The second-order valence-corrected chi connectivity index (χ2v) is 7.13. The molecule has 2 nitrogen and oxygen atoms in total. The highest BCUT2D eigenvalue weighted by molar-refractivity contribution is 6.31. The van der Waals surface area contributed by atoms with Gasteiger partial charge in [-0.25, -0.2) is 0 Å². The lowest BCUT2D eigenvalue weighted by molar-refractivity contribution is 0.0103. The first-order valence-electron chi connectivity index (χ1n) is 7.86. The third kappa shape index (κ3) is 7.30. The van der Waals surface area contributed by atoms with Crippen LogP contribution in [0.25, 0.3) is 0 Å². The Kier molecular flexibility index (Phi) is 7.72. The molecule has 1 rings (SSSR count). The van der Waals surface area contributed by atoms with Crippen molar-refractivity contribution in [2.75, 3.05) is 13.7 Å². The molecule has 0 saturated carbocycles. The maximum absolute atomic E-state index is 6.30. The van der Waals surface area contributed by atoms with Crippen molar-refractivity contribution in [1.82, 2.24) is 5.32 Å². The number of hydrogen-bond acceptors (Lipinski definition) is 2. The molecule has 0 aliphatic carbocycles. The minimum atomic E-state index is -0.0590. The van der Waals surface area contributed by atoms with E-state index in [1.165, 1.54) is 5.56 Å². The molecule has 3 heteroatoms. The SMILES string of the molecule is COC(C)(C)CCC(CNC(C)C)Cc1ccccc1Cl. The summed E-state index contributed by atoms with van der Waals surface area (Å²) in [5.74, 6) is 0.571. The van der Waals surface area contributed by atoms with E-state index >= 15 is 0 Å². The standard InChI is InChI=1S/C18H30ClNO/c1-14(2)20-13-15(10-11-18(3,4)21-5)12-16-8-6-7-9-17(16)19/h6-9,14-15,20H,10-13H2,1-5H3. The number of nitrogens with one attached hydrogen (secondary N) is 1. The van der Waals surface area contributed by atoms with E-state index in [0.717, 1.165) is 30.8 Å². The molecule has 0 aliphatic rings. The Hall–Kier alpha value is -0.570. The average molecular weight is 312 g/mol. The highest BCUT2D eigenvalue weighted by Crippen LogP contribution is 2.24. The zero-order valence-corrected chi connectivity index (χ0v) is 14.8. The summed E-state index contributed by atoms with van der Waals surface area (Å²) in [5, 5.41) is 4.43. The van der Waals surface area contributed by atoms with Crippen molar-refractivity contribution < 1.29 is 4.74 Å². The minimum absolute atomic E-state index is 0.0590. The second kappa shape index (κ2) is 8.77. The molecule has 0 aromatic heterocycles. The van der Waals surface area contributed by atoms with E-state index in [2.05, 4.69) is 45.1 Å². The Morgan fingerprint density at radius 3 is 2.48 bits per heavy atom. The lowest BCUT2D eigenvalue weighted by Crippen LogP contribution is -2.32. The summed E-state index contributed by atoms with van der Waals surface area (Å²) in [7, 11) is 1.79. The summed E-state index contributed by atoms with van der Waals surface area (Å²) in [6.07, 6.45) is 3.20. The van der Waals surface area contributed by atoms with Gasteiger partial charge in [-0.05, 0) is 57.2 Å². The van der Waals surface area contributed by atoms with Gasteiger partial charge in [0.1, 0.15) is 0 Å². The van der Waals surface area contributed by atoms with Gasteiger partial charge in [-0.2, -0.15) is 0 Å². The van der Waals surface area contributed by atoms with Gasteiger partial charge in [0.05, 0.1) is 5.60 Å². The van der Waals surface area contributed by atoms with Gasteiger partial charge >= 0.3 is 0 Å². The van der Waals surface area contributed by atoms with Crippen LogP contribution in [0.2, 0.25) is 5.02 Å². The van der Waals surface area contributed by atoms with Gasteiger partial charge < -0.3 is 10.1 Å². The number of hydrogen-bond donors (Lipinski definition) is 1. The summed E-state index contributed by atoms with van der Waals surface area (Å²) < 4.78 is 5.54. The number of rotatable bonds is 9. The highest BCUT2D eigenvalue weighted by Gasteiger charge is 2.20. The van der Waals surface area contributed by atoms with Gasteiger partial charge in [0.15, 0.2) is 0 Å². The molecule has 21 heavy (non-hydrogen) atoms. The molecule has 1 aromatic carbocycles. The summed E-state index contributed by atoms with van der Waals surface area (Å²) in [6, 6.07) is 8.66. The molecular weight excluding hydrogens is 282 g/mol. The Morgan fingerprint density at radius 1 is 1.24 bits per heavy atom.